The van der Waals surface area contributed by atoms with Gasteiger partial charge in [-0.05, 0) is 43.3 Å². The summed E-state index contributed by atoms with van der Waals surface area (Å²) in [7, 11) is 4.54. The normalized spacial score (nSPS) is 10.2. The van der Waals surface area contributed by atoms with Crippen LogP contribution in [0.25, 0.3) is 0 Å². The molecule has 3 aromatic carbocycles. The van der Waals surface area contributed by atoms with E-state index in [0.29, 0.717) is 34.4 Å². The van der Waals surface area contributed by atoms with Gasteiger partial charge in [0.05, 0.1) is 21.3 Å². The van der Waals surface area contributed by atoms with Crippen LogP contribution >= 0.6 is 0 Å². The van der Waals surface area contributed by atoms with Crippen molar-refractivity contribution >= 4 is 11.6 Å². The highest BCUT2D eigenvalue weighted by Crippen LogP contribution is 2.39. The fraction of sp³-hybridized carbons (Fsp3) is 0.208. The average Bonchev–Trinajstić information content (AvgIpc) is 2.79. The predicted octanol–water partition coefficient (Wildman–Crippen LogP) is 4.83. The van der Waals surface area contributed by atoms with Crippen molar-refractivity contribution in [2.24, 2.45) is 0 Å². The highest BCUT2D eigenvalue weighted by Gasteiger charge is 2.14. The van der Waals surface area contributed by atoms with E-state index in [1.807, 2.05) is 31.2 Å². The Morgan fingerprint density at radius 3 is 1.81 bits per heavy atom. The predicted molar refractivity (Wildman–Crippen MR) is 118 cm³/mol. The van der Waals surface area contributed by atoms with E-state index >= 15 is 0 Å². The average molecular weight is 423 g/mol. The van der Waals surface area contributed by atoms with E-state index in [-0.39, 0.29) is 12.5 Å². The molecule has 0 radical (unpaired) electrons. The minimum Gasteiger partial charge on any atom is -0.493 e. The van der Waals surface area contributed by atoms with Crippen molar-refractivity contribution in [2.75, 3.05) is 33.3 Å². The highest BCUT2D eigenvalue weighted by atomic mass is 16.5. The Balaban J connectivity index is 1.56. The Bertz CT molecular complexity index is 990. The topological polar surface area (TPSA) is 75.3 Å². The summed E-state index contributed by atoms with van der Waals surface area (Å²) >= 11 is 0. The summed E-state index contributed by atoms with van der Waals surface area (Å²) in [5, 5.41) is 2.76. The zero-order valence-electron chi connectivity index (χ0n) is 17.9. The summed E-state index contributed by atoms with van der Waals surface area (Å²) in [6, 6.07) is 18.2. The van der Waals surface area contributed by atoms with Gasteiger partial charge in [-0.15, -0.1) is 0 Å². The van der Waals surface area contributed by atoms with E-state index in [2.05, 4.69) is 5.32 Å². The van der Waals surface area contributed by atoms with E-state index in [1.54, 1.807) is 36.4 Å². The number of amides is 1. The van der Waals surface area contributed by atoms with Gasteiger partial charge in [0, 0.05) is 17.8 Å². The molecule has 162 valence electrons. The van der Waals surface area contributed by atoms with Crippen molar-refractivity contribution in [1.82, 2.24) is 0 Å². The van der Waals surface area contributed by atoms with Crippen molar-refractivity contribution in [3.63, 3.8) is 0 Å². The van der Waals surface area contributed by atoms with Crippen molar-refractivity contribution in [1.29, 1.82) is 0 Å². The van der Waals surface area contributed by atoms with E-state index in [9.17, 15) is 4.79 Å². The molecule has 7 nitrogen and oxygen atoms in total. The first-order chi connectivity index (χ1) is 15.0. The second kappa shape index (κ2) is 10.2. The summed E-state index contributed by atoms with van der Waals surface area (Å²) in [6.45, 7) is 1.86. The number of methoxy groups -OCH3 is 3. The number of nitrogens with one attached hydrogen (secondary N) is 1. The van der Waals surface area contributed by atoms with E-state index in [1.165, 1.54) is 26.9 Å². The molecule has 1 N–H and O–H groups in total. The van der Waals surface area contributed by atoms with Crippen LogP contribution < -0.4 is 29.0 Å². The number of aryl methyl sites for hydroxylation is 1. The third-order valence-electron chi connectivity index (χ3n) is 4.40. The monoisotopic (exact) mass is 423 g/mol. The van der Waals surface area contributed by atoms with Gasteiger partial charge in [0.2, 0.25) is 5.75 Å². The third kappa shape index (κ3) is 5.82. The molecule has 0 heterocycles. The fourth-order valence-electron chi connectivity index (χ4n) is 2.85. The van der Waals surface area contributed by atoms with Crippen molar-refractivity contribution < 1.29 is 28.5 Å². The molecular formula is C24H25NO6. The summed E-state index contributed by atoms with van der Waals surface area (Å²) < 4.78 is 27.2. The molecule has 0 spiro atoms. The quantitative estimate of drug-likeness (QED) is 0.531. The number of rotatable bonds is 9. The number of carbonyl (C=O) groups is 1. The fourth-order valence-corrected chi connectivity index (χ4v) is 2.85. The number of anilines is 1. The SMILES string of the molecule is COc1cc(NC(=O)COc2ccc(Oc3ccc(C)cc3)cc2)cc(OC)c1OC. The van der Waals surface area contributed by atoms with Crippen LogP contribution in [0.1, 0.15) is 5.56 Å². The van der Waals surface area contributed by atoms with Gasteiger partial charge in [0.15, 0.2) is 18.1 Å². The van der Waals surface area contributed by atoms with E-state index in [0.717, 1.165) is 5.75 Å². The first kappa shape index (κ1) is 21.8. The van der Waals surface area contributed by atoms with Gasteiger partial charge in [-0.1, -0.05) is 17.7 Å². The molecule has 0 aliphatic carbocycles. The Morgan fingerprint density at radius 2 is 1.29 bits per heavy atom. The van der Waals surface area contributed by atoms with Crippen LogP contribution in [0, 0.1) is 6.92 Å². The van der Waals surface area contributed by atoms with Crippen LogP contribution in [0.3, 0.4) is 0 Å². The van der Waals surface area contributed by atoms with E-state index in [4.69, 9.17) is 23.7 Å². The van der Waals surface area contributed by atoms with Crippen LogP contribution in [0.2, 0.25) is 0 Å². The number of ether oxygens (including phenoxy) is 5. The zero-order chi connectivity index (χ0) is 22.2. The molecule has 0 saturated heterocycles. The molecular weight excluding hydrogens is 398 g/mol. The van der Waals surface area contributed by atoms with Gasteiger partial charge in [-0.2, -0.15) is 0 Å². The lowest BCUT2D eigenvalue weighted by Crippen LogP contribution is -2.20. The zero-order valence-corrected chi connectivity index (χ0v) is 17.9. The molecule has 0 aromatic heterocycles. The third-order valence-corrected chi connectivity index (χ3v) is 4.40. The number of benzene rings is 3. The van der Waals surface area contributed by atoms with Crippen LogP contribution in [-0.4, -0.2) is 33.8 Å². The largest absolute Gasteiger partial charge is 0.493 e. The molecule has 0 atom stereocenters. The van der Waals surface area contributed by atoms with Crippen LogP contribution in [0.5, 0.6) is 34.5 Å². The smallest absolute Gasteiger partial charge is 0.262 e. The summed E-state index contributed by atoms with van der Waals surface area (Å²) in [5.41, 5.74) is 1.67. The Labute approximate surface area is 181 Å². The number of hydrogen-bond acceptors (Lipinski definition) is 6. The van der Waals surface area contributed by atoms with Gasteiger partial charge in [-0.25, -0.2) is 0 Å². The maximum Gasteiger partial charge on any atom is 0.262 e. The standard InChI is InChI=1S/C24H25NO6/c1-16-5-7-19(8-6-16)31-20-11-9-18(10-12-20)30-15-23(26)25-17-13-21(27-2)24(29-4)22(14-17)28-3/h5-14H,15H2,1-4H3,(H,25,26). The van der Waals surface area contributed by atoms with Crippen LogP contribution in [-0.2, 0) is 4.79 Å². The molecule has 0 saturated carbocycles. The Hall–Kier alpha value is -3.87. The molecule has 7 heteroatoms. The highest BCUT2D eigenvalue weighted by molar-refractivity contribution is 5.92. The molecule has 0 aliphatic rings. The van der Waals surface area contributed by atoms with E-state index < -0.39 is 0 Å². The second-order valence-corrected chi connectivity index (χ2v) is 6.64. The molecule has 0 unspecified atom stereocenters. The lowest BCUT2D eigenvalue weighted by Gasteiger charge is -2.14. The van der Waals surface area contributed by atoms with Crippen molar-refractivity contribution in [2.45, 2.75) is 6.92 Å². The summed E-state index contributed by atoms with van der Waals surface area (Å²) in [4.78, 5) is 12.3. The summed E-state index contributed by atoms with van der Waals surface area (Å²) in [6.07, 6.45) is 0. The van der Waals surface area contributed by atoms with Crippen LogP contribution in [0.4, 0.5) is 5.69 Å². The second-order valence-electron chi connectivity index (χ2n) is 6.64. The van der Waals surface area contributed by atoms with Gasteiger partial charge in [0.25, 0.3) is 5.91 Å². The lowest BCUT2D eigenvalue weighted by molar-refractivity contribution is -0.118. The minimum absolute atomic E-state index is 0.158. The van der Waals surface area contributed by atoms with Gasteiger partial charge >= 0.3 is 0 Å². The van der Waals surface area contributed by atoms with Crippen LogP contribution in [0.15, 0.2) is 60.7 Å². The Kier molecular flexibility index (Phi) is 7.22. The van der Waals surface area contributed by atoms with Gasteiger partial charge in [-0.3, -0.25) is 4.79 Å². The molecule has 0 aliphatic heterocycles. The molecule has 0 bridgehead atoms. The number of hydrogen-bond donors (Lipinski definition) is 1. The Morgan fingerprint density at radius 1 is 0.774 bits per heavy atom. The number of carbonyl (C=O) groups excluding carboxylic acids is 1. The molecule has 31 heavy (non-hydrogen) atoms. The van der Waals surface area contributed by atoms with Gasteiger partial charge in [0.1, 0.15) is 17.2 Å². The molecule has 1 amide bonds. The first-order valence-corrected chi connectivity index (χ1v) is 9.59. The summed E-state index contributed by atoms with van der Waals surface area (Å²) in [5.74, 6) is 3.00. The maximum absolute atomic E-state index is 12.3. The lowest BCUT2D eigenvalue weighted by atomic mass is 10.2. The molecule has 3 rings (SSSR count). The van der Waals surface area contributed by atoms with Crippen molar-refractivity contribution in [3.8, 4) is 34.5 Å². The first-order valence-electron chi connectivity index (χ1n) is 9.59. The maximum atomic E-state index is 12.3. The molecule has 0 fully saturated rings. The minimum atomic E-state index is -0.325. The van der Waals surface area contributed by atoms with Gasteiger partial charge < -0.3 is 29.0 Å². The van der Waals surface area contributed by atoms with Crippen molar-refractivity contribution in [3.05, 3.63) is 66.2 Å². The molecule has 3 aromatic rings.